The van der Waals surface area contributed by atoms with Gasteiger partial charge in [-0.05, 0) is 129 Å². The van der Waals surface area contributed by atoms with E-state index in [-0.39, 0.29) is 24.3 Å². The number of methoxy groups -OCH3 is 1. The van der Waals surface area contributed by atoms with E-state index < -0.39 is 29.1 Å². The van der Waals surface area contributed by atoms with E-state index in [1.165, 1.54) is 30.5 Å². The molecule has 3 aromatic carbocycles. The number of amides is 5. The van der Waals surface area contributed by atoms with E-state index in [2.05, 4.69) is 53.6 Å². The van der Waals surface area contributed by atoms with Crippen molar-refractivity contribution in [1.82, 2.24) is 30.0 Å². The molecular formula is C53H55FN10O7. The minimum Gasteiger partial charge on any atom is -0.495 e. The van der Waals surface area contributed by atoms with E-state index in [0.29, 0.717) is 90.2 Å². The molecule has 5 amide bonds. The summed E-state index contributed by atoms with van der Waals surface area (Å²) in [6.45, 7) is 8.98. The van der Waals surface area contributed by atoms with Crippen LogP contribution < -0.4 is 35.6 Å². The number of halogens is 1. The fourth-order valence-corrected chi connectivity index (χ4v) is 11.0. The van der Waals surface area contributed by atoms with Crippen molar-refractivity contribution in [2.24, 2.45) is 11.3 Å². The lowest BCUT2D eigenvalue weighted by molar-refractivity contribution is -0.131. The highest BCUT2D eigenvalue weighted by atomic mass is 19.1. The minimum absolute atomic E-state index is 0.133. The molecule has 7 heterocycles. The van der Waals surface area contributed by atoms with Crippen molar-refractivity contribution in [3.8, 4) is 17.2 Å². The van der Waals surface area contributed by atoms with Gasteiger partial charge in [0.25, 0.3) is 5.91 Å². The van der Waals surface area contributed by atoms with Gasteiger partial charge in [-0.3, -0.25) is 38.8 Å². The van der Waals surface area contributed by atoms with E-state index in [4.69, 9.17) is 14.5 Å². The summed E-state index contributed by atoms with van der Waals surface area (Å²) < 4.78 is 25.7. The Morgan fingerprint density at radius 1 is 0.859 bits per heavy atom. The van der Waals surface area contributed by atoms with Gasteiger partial charge in [-0.1, -0.05) is 6.58 Å². The molecule has 2 bridgehead atoms. The zero-order valence-corrected chi connectivity index (χ0v) is 39.4. The normalized spacial score (nSPS) is 21.8. The maximum absolute atomic E-state index is 13.3. The van der Waals surface area contributed by atoms with Crippen molar-refractivity contribution < 1.29 is 37.8 Å². The molecule has 18 heteroatoms. The number of fused-ring (bicyclic) bond motifs is 4. The molecule has 0 radical (unpaired) electrons. The lowest BCUT2D eigenvalue weighted by atomic mass is 9.95. The smallest absolute Gasteiger partial charge is 0.256 e. The number of nitrogens with one attached hydrogen (secondary N) is 4. The van der Waals surface area contributed by atoms with Crippen molar-refractivity contribution in [3.63, 3.8) is 0 Å². The van der Waals surface area contributed by atoms with Gasteiger partial charge >= 0.3 is 0 Å². The molecular weight excluding hydrogens is 908 g/mol. The fraction of sp³-hybridized carbons (Fsp3) is 0.377. The predicted octanol–water partition coefficient (Wildman–Crippen LogP) is 6.29. The third-order valence-electron chi connectivity index (χ3n) is 15.1. The molecule has 5 aromatic rings. The Bertz CT molecular complexity index is 2960. The summed E-state index contributed by atoms with van der Waals surface area (Å²) in [6, 6.07) is 20.2. The Kier molecular flexibility index (Phi) is 12.1. The Hall–Kier alpha value is -7.44. The number of allylic oxidation sites excluding steroid dienone is 1. The Morgan fingerprint density at radius 2 is 1.56 bits per heavy atom. The molecule has 0 spiro atoms. The number of piperazine rings is 1. The Morgan fingerprint density at radius 3 is 2.24 bits per heavy atom. The number of nitrogens with zero attached hydrogens (tertiary/aromatic N) is 6. The van der Waals surface area contributed by atoms with Gasteiger partial charge in [0.05, 0.1) is 30.4 Å². The molecule has 71 heavy (non-hydrogen) atoms. The maximum atomic E-state index is 13.3. The molecule has 1 unspecified atom stereocenters. The first-order valence-corrected chi connectivity index (χ1v) is 24.3. The van der Waals surface area contributed by atoms with E-state index in [1.807, 2.05) is 12.1 Å². The second-order valence-corrected chi connectivity index (χ2v) is 19.7. The van der Waals surface area contributed by atoms with Crippen LogP contribution >= 0.6 is 0 Å². The summed E-state index contributed by atoms with van der Waals surface area (Å²) in [6.07, 6.45) is 8.34. The number of rotatable bonds is 14. The Labute approximate surface area is 409 Å². The van der Waals surface area contributed by atoms with Crippen molar-refractivity contribution in [2.45, 2.75) is 69.6 Å². The SMILES string of the molecule is C=C1CCC(N2Cc3cc(NC(=O)CN4C[C@H]5C[C@@H]4CN5CC4CCN(c5cc6nccc(Oc7ccc(NC(=O)C8(C(=O)Nc9ccc(F)cc9)CC8)cc7)c6cc5OC)CC4)ncc3C2=O)C(=O)N1. The van der Waals surface area contributed by atoms with Crippen molar-refractivity contribution in [1.29, 1.82) is 0 Å². The van der Waals surface area contributed by atoms with Crippen molar-refractivity contribution in [2.75, 3.05) is 67.2 Å². The number of anilines is 4. The van der Waals surface area contributed by atoms with E-state index in [1.54, 1.807) is 48.5 Å². The van der Waals surface area contributed by atoms with Crippen molar-refractivity contribution in [3.05, 3.63) is 114 Å². The molecule has 6 aliphatic rings. The van der Waals surface area contributed by atoms with Gasteiger partial charge in [-0.2, -0.15) is 0 Å². The summed E-state index contributed by atoms with van der Waals surface area (Å²) in [5.74, 6) is 1.04. The number of hydrogen-bond acceptors (Lipinski definition) is 12. The molecule has 366 valence electrons. The van der Waals surface area contributed by atoms with Gasteiger partial charge in [0.1, 0.15) is 40.3 Å². The molecule has 17 nitrogen and oxygen atoms in total. The summed E-state index contributed by atoms with van der Waals surface area (Å²) in [5, 5.41) is 12.1. The van der Waals surface area contributed by atoms with Crippen LogP contribution in [-0.2, 0) is 25.7 Å². The number of benzene rings is 3. The highest BCUT2D eigenvalue weighted by Crippen LogP contribution is 2.48. The highest BCUT2D eigenvalue weighted by molar-refractivity contribution is 6.17. The van der Waals surface area contributed by atoms with E-state index in [0.717, 1.165) is 79.9 Å². The second-order valence-electron chi connectivity index (χ2n) is 19.7. The average molecular weight is 963 g/mol. The number of aromatic nitrogens is 2. The van der Waals surface area contributed by atoms with Crippen LogP contribution in [0.25, 0.3) is 10.9 Å². The van der Waals surface area contributed by atoms with E-state index in [9.17, 15) is 28.4 Å². The third kappa shape index (κ3) is 9.24. The minimum atomic E-state index is -1.17. The van der Waals surface area contributed by atoms with Gasteiger partial charge in [0, 0.05) is 86.2 Å². The molecule has 11 rings (SSSR count). The zero-order chi connectivity index (χ0) is 49.0. The lowest BCUT2D eigenvalue weighted by Crippen LogP contribution is -2.50. The van der Waals surface area contributed by atoms with Crippen LogP contribution in [0.4, 0.5) is 27.3 Å². The first kappa shape index (κ1) is 46.0. The number of likely N-dealkylation sites (tertiary alicyclic amines) is 2. The van der Waals surface area contributed by atoms with Gasteiger partial charge in [-0.25, -0.2) is 9.37 Å². The summed E-state index contributed by atoms with van der Waals surface area (Å²) in [4.78, 5) is 83.2. The number of ether oxygens (including phenoxy) is 2. The number of carbonyl (C=O) groups excluding carboxylic acids is 5. The molecule has 5 aliphatic heterocycles. The molecule has 3 atom stereocenters. The summed E-state index contributed by atoms with van der Waals surface area (Å²) in [7, 11) is 1.67. The molecule has 2 aromatic heterocycles. The monoisotopic (exact) mass is 962 g/mol. The molecule has 1 saturated carbocycles. The van der Waals surface area contributed by atoms with Crippen LogP contribution in [0.5, 0.6) is 17.2 Å². The number of carbonyl (C=O) groups is 5. The average Bonchev–Trinajstić information content (AvgIpc) is 3.84. The molecule has 4 N–H and O–H groups in total. The number of piperidine rings is 2. The van der Waals surface area contributed by atoms with Crippen LogP contribution in [0.1, 0.15) is 60.9 Å². The van der Waals surface area contributed by atoms with Crippen LogP contribution in [-0.4, -0.2) is 119 Å². The fourth-order valence-electron chi connectivity index (χ4n) is 11.0. The summed E-state index contributed by atoms with van der Waals surface area (Å²) >= 11 is 0. The zero-order valence-electron chi connectivity index (χ0n) is 39.4. The number of hydrogen-bond donors (Lipinski definition) is 4. The lowest BCUT2D eigenvalue weighted by Gasteiger charge is -2.39. The molecule has 5 fully saturated rings. The van der Waals surface area contributed by atoms with Crippen LogP contribution in [0, 0.1) is 17.2 Å². The Balaban J connectivity index is 0.646. The summed E-state index contributed by atoms with van der Waals surface area (Å²) in [5.41, 5.74) is 3.41. The van der Waals surface area contributed by atoms with Crippen molar-refractivity contribution >= 4 is 63.3 Å². The van der Waals surface area contributed by atoms with E-state index >= 15 is 0 Å². The maximum Gasteiger partial charge on any atom is 0.256 e. The first-order valence-electron chi connectivity index (χ1n) is 24.3. The quantitative estimate of drug-likeness (QED) is 0.0913. The molecule has 4 saturated heterocycles. The van der Waals surface area contributed by atoms with Crippen LogP contribution in [0.15, 0.2) is 97.5 Å². The second kappa shape index (κ2) is 18.7. The van der Waals surface area contributed by atoms with Crippen LogP contribution in [0.2, 0.25) is 0 Å². The third-order valence-corrected chi connectivity index (χ3v) is 15.1. The van der Waals surface area contributed by atoms with Gasteiger partial charge < -0.3 is 40.5 Å². The molecule has 1 aliphatic carbocycles. The van der Waals surface area contributed by atoms with Gasteiger partial charge in [0.2, 0.25) is 23.6 Å². The van der Waals surface area contributed by atoms with Gasteiger partial charge in [0.15, 0.2) is 0 Å². The number of pyridine rings is 2. The van der Waals surface area contributed by atoms with Gasteiger partial charge in [-0.15, -0.1) is 0 Å². The van der Waals surface area contributed by atoms with Crippen LogP contribution in [0.3, 0.4) is 0 Å². The topological polar surface area (TPSA) is 191 Å². The highest BCUT2D eigenvalue weighted by Gasteiger charge is 2.56. The predicted molar refractivity (Wildman–Crippen MR) is 263 cm³/mol. The largest absolute Gasteiger partial charge is 0.495 e. The first-order chi connectivity index (χ1) is 34.4. The standard InChI is InChI=1S/C53H55FN10O7/c1-31-3-12-43(49(66)57-31)64-27-33-21-47(56-25-41(33)50(64)67)60-48(65)30-63-29-37-22-38(63)28-62(37)26-32-14-19-61(20-15-32)44-24-42-40(23-46(44)70-2)45(13-18-55-42)71-39-10-8-36(9-11-39)59-52(69)53(16-17-53)51(68)58-35-6-4-34(54)5-7-35/h4-11,13,18,21,23-25,32,37-38,43H,1,3,12,14-17,19-20,22,26-30H2,2H3,(H,57,66)(H,58,68)(H,59,69)(H,56,60,65)/t37-,38-,43?/m1/s1.